The van der Waals surface area contributed by atoms with Crippen molar-refractivity contribution in [2.45, 2.75) is 26.3 Å². The van der Waals surface area contributed by atoms with E-state index in [1.165, 1.54) is 17.8 Å². The fourth-order valence-electron chi connectivity index (χ4n) is 4.48. The van der Waals surface area contributed by atoms with Gasteiger partial charge in [0, 0.05) is 38.8 Å². The Morgan fingerprint density at radius 3 is 2.42 bits per heavy atom. The van der Waals surface area contributed by atoms with Crippen LogP contribution in [0.25, 0.3) is 0 Å². The Kier molecular flexibility index (Phi) is 7.83. The van der Waals surface area contributed by atoms with Crippen LogP contribution < -0.4 is 4.74 Å². The molecule has 0 N–H and O–H groups in total. The lowest BCUT2D eigenvalue weighted by molar-refractivity contribution is -0.138. The molecular weight excluding hydrogens is 480 g/mol. The number of benzene rings is 1. The lowest BCUT2D eigenvalue weighted by Gasteiger charge is -2.37. The summed E-state index contributed by atoms with van der Waals surface area (Å²) in [6.45, 7) is 9.11. The molecule has 2 amide bonds. The van der Waals surface area contributed by atoms with Gasteiger partial charge in [0.25, 0.3) is 0 Å². The number of amidine groups is 1. The van der Waals surface area contributed by atoms with Crippen molar-refractivity contribution < 1.29 is 23.9 Å². The first-order valence-corrected chi connectivity index (χ1v) is 12.6. The average Bonchev–Trinajstić information content (AvgIpc) is 3.28. The minimum Gasteiger partial charge on any atom is -0.497 e. The van der Waals surface area contributed by atoms with E-state index >= 15 is 0 Å². The van der Waals surface area contributed by atoms with Crippen molar-refractivity contribution in [3.05, 3.63) is 64.9 Å². The van der Waals surface area contributed by atoms with Gasteiger partial charge in [-0.15, -0.1) is 0 Å². The summed E-state index contributed by atoms with van der Waals surface area (Å²) in [5, 5.41) is 2.63. The molecule has 3 aliphatic rings. The van der Waals surface area contributed by atoms with Gasteiger partial charge in [0.15, 0.2) is 5.17 Å². The highest BCUT2D eigenvalue weighted by Gasteiger charge is 2.41. The van der Waals surface area contributed by atoms with Gasteiger partial charge in [0.1, 0.15) is 12.4 Å². The second-order valence-corrected chi connectivity index (χ2v) is 9.45. The third-order valence-corrected chi connectivity index (χ3v) is 7.28. The highest BCUT2D eigenvalue weighted by atomic mass is 32.2. The quantitative estimate of drug-likeness (QED) is 0.411. The number of esters is 1. The minimum absolute atomic E-state index is 0.0199. The van der Waals surface area contributed by atoms with Crippen LogP contribution in [0.1, 0.15) is 31.9 Å². The van der Waals surface area contributed by atoms with Crippen molar-refractivity contribution >= 4 is 34.7 Å². The fourth-order valence-corrected chi connectivity index (χ4v) is 5.45. The Morgan fingerprint density at radius 1 is 1.14 bits per heavy atom. The first-order valence-electron chi connectivity index (χ1n) is 11.7. The van der Waals surface area contributed by atoms with Gasteiger partial charge in [-0.05, 0) is 30.0 Å². The molecule has 1 atom stereocenters. The second kappa shape index (κ2) is 11.0. The summed E-state index contributed by atoms with van der Waals surface area (Å²) in [7, 11) is 1.60. The van der Waals surface area contributed by atoms with Crippen LogP contribution in [0.15, 0.2) is 64.3 Å². The highest BCUT2D eigenvalue weighted by Crippen LogP contribution is 2.45. The van der Waals surface area contributed by atoms with Crippen LogP contribution in [0.2, 0.25) is 0 Å². The molecule has 36 heavy (non-hydrogen) atoms. The number of allylic oxidation sites excluding steroid dienone is 1. The minimum atomic E-state index is -0.510. The Morgan fingerprint density at radius 2 is 1.81 bits per heavy atom. The highest BCUT2D eigenvalue weighted by molar-refractivity contribution is 8.16. The number of hydrogen-bond acceptors (Lipinski definition) is 8. The van der Waals surface area contributed by atoms with Gasteiger partial charge in [0.2, 0.25) is 11.8 Å². The van der Waals surface area contributed by atoms with Gasteiger partial charge in [0.05, 0.1) is 30.8 Å². The van der Waals surface area contributed by atoms with Crippen LogP contribution in [-0.4, -0.2) is 77.5 Å². The molecular formula is C26H30N4O5S. The number of methoxy groups -OCH3 is 1. The molecule has 10 heteroatoms. The van der Waals surface area contributed by atoms with Gasteiger partial charge in [-0.3, -0.25) is 9.59 Å². The molecule has 1 aromatic carbocycles. The molecule has 3 aliphatic heterocycles. The van der Waals surface area contributed by atoms with E-state index in [1.807, 2.05) is 34.6 Å². The predicted octanol–water partition coefficient (Wildman–Crippen LogP) is 3.08. The third-order valence-electron chi connectivity index (χ3n) is 6.39. The third kappa shape index (κ3) is 5.18. The number of amides is 2. The fraction of sp³-hybridized carbons (Fsp3) is 0.385. The molecule has 1 unspecified atom stereocenters. The number of hydrogen-bond donors (Lipinski definition) is 0. The predicted molar refractivity (Wildman–Crippen MR) is 138 cm³/mol. The lowest BCUT2D eigenvalue weighted by Crippen LogP contribution is -2.50. The molecule has 0 bridgehead atoms. The number of ether oxygens (including phenoxy) is 2. The molecule has 1 saturated heterocycles. The van der Waals surface area contributed by atoms with Crippen molar-refractivity contribution in [3.63, 3.8) is 0 Å². The van der Waals surface area contributed by atoms with Gasteiger partial charge in [-0.2, -0.15) is 0 Å². The van der Waals surface area contributed by atoms with E-state index in [0.29, 0.717) is 48.4 Å². The summed E-state index contributed by atoms with van der Waals surface area (Å²) in [4.78, 5) is 48.2. The zero-order valence-corrected chi connectivity index (χ0v) is 21.5. The monoisotopic (exact) mass is 510 g/mol. The zero-order chi connectivity index (χ0) is 25.8. The molecule has 1 fully saturated rings. The Hall–Kier alpha value is -3.53. The van der Waals surface area contributed by atoms with E-state index in [0.717, 1.165) is 11.3 Å². The summed E-state index contributed by atoms with van der Waals surface area (Å²) in [5.41, 5.74) is 2.61. The van der Waals surface area contributed by atoms with Gasteiger partial charge < -0.3 is 24.2 Å². The topological polar surface area (TPSA) is 91.8 Å². The largest absolute Gasteiger partial charge is 0.497 e. The summed E-state index contributed by atoms with van der Waals surface area (Å²) >= 11 is 1.43. The van der Waals surface area contributed by atoms with Crippen LogP contribution >= 0.6 is 11.8 Å². The molecule has 0 aromatic heterocycles. The van der Waals surface area contributed by atoms with Crippen molar-refractivity contribution in [1.82, 2.24) is 14.7 Å². The molecule has 4 rings (SSSR count). The summed E-state index contributed by atoms with van der Waals surface area (Å²) in [6.07, 6.45) is 1.68. The van der Waals surface area contributed by atoms with E-state index in [4.69, 9.17) is 9.47 Å². The van der Waals surface area contributed by atoms with Crippen molar-refractivity contribution in [1.29, 1.82) is 0 Å². The second-order valence-electron chi connectivity index (χ2n) is 8.62. The van der Waals surface area contributed by atoms with E-state index in [1.54, 1.807) is 30.8 Å². The zero-order valence-electron chi connectivity index (χ0n) is 20.7. The number of piperazine rings is 1. The van der Waals surface area contributed by atoms with E-state index in [-0.39, 0.29) is 24.8 Å². The maximum Gasteiger partial charge on any atom is 0.338 e. The molecule has 0 saturated carbocycles. The number of carbonyl (C=O) groups excluding carboxylic acids is 3. The number of thioether (sulfide) groups is 1. The van der Waals surface area contributed by atoms with Gasteiger partial charge >= 0.3 is 5.97 Å². The van der Waals surface area contributed by atoms with Crippen molar-refractivity contribution in [2.75, 3.05) is 39.9 Å². The Labute approximate surface area is 215 Å². The summed E-state index contributed by atoms with van der Waals surface area (Å²) in [6, 6.07) is 6.99. The molecule has 0 spiro atoms. The van der Waals surface area contributed by atoms with E-state index in [9.17, 15) is 14.4 Å². The van der Waals surface area contributed by atoms with Crippen LogP contribution in [0, 0.1) is 0 Å². The van der Waals surface area contributed by atoms with Gasteiger partial charge in [-0.25, -0.2) is 9.79 Å². The lowest BCUT2D eigenvalue weighted by atomic mass is 9.93. The van der Waals surface area contributed by atoms with Crippen LogP contribution in [0.5, 0.6) is 5.75 Å². The number of carbonyl (C=O) groups is 3. The molecule has 190 valence electrons. The molecule has 0 radical (unpaired) electrons. The molecule has 3 heterocycles. The number of fused-ring (bicyclic) bond motifs is 1. The Balaban J connectivity index is 1.61. The molecule has 9 nitrogen and oxygen atoms in total. The van der Waals surface area contributed by atoms with Crippen LogP contribution in [0.4, 0.5) is 0 Å². The molecule has 0 aliphatic carbocycles. The summed E-state index contributed by atoms with van der Waals surface area (Å²) in [5.74, 6) is 0.221. The van der Waals surface area contributed by atoms with E-state index in [2.05, 4.69) is 11.6 Å². The standard InChI is InChI=1S/C26H30N4O5S/c1-5-14-35-25(33)23-17(2)27-26-30(24(23)19-6-8-21(34-4)9-7-19)20(16-36-26)15-22(32)29-12-10-28(11-13-29)18(3)31/h5-9,16,24H,1,10-15H2,2-4H3. The SMILES string of the molecule is C=CCOC(=O)C1=C(C)N=C2SC=C(CC(=O)N3CCN(C(C)=O)CC3)N2C1c1ccc(OC)cc1. The first kappa shape index (κ1) is 25.6. The first-order chi connectivity index (χ1) is 17.3. The van der Waals surface area contributed by atoms with Crippen LogP contribution in [0.3, 0.4) is 0 Å². The number of rotatable bonds is 7. The maximum absolute atomic E-state index is 13.2. The Bertz CT molecular complexity index is 1150. The average molecular weight is 511 g/mol. The van der Waals surface area contributed by atoms with Crippen molar-refractivity contribution in [2.24, 2.45) is 4.99 Å². The van der Waals surface area contributed by atoms with Crippen LogP contribution in [-0.2, 0) is 19.1 Å². The van der Waals surface area contributed by atoms with E-state index < -0.39 is 12.0 Å². The molecule has 1 aromatic rings. The van der Waals surface area contributed by atoms with Crippen molar-refractivity contribution in [3.8, 4) is 5.75 Å². The maximum atomic E-state index is 13.2. The number of aliphatic imine (C=N–C) groups is 1. The smallest absolute Gasteiger partial charge is 0.338 e. The van der Waals surface area contributed by atoms with Gasteiger partial charge in [-0.1, -0.05) is 36.5 Å². The summed E-state index contributed by atoms with van der Waals surface area (Å²) < 4.78 is 10.7. The number of nitrogens with zero attached hydrogens (tertiary/aromatic N) is 4. The normalized spacial score (nSPS) is 19.4.